The van der Waals surface area contributed by atoms with Crippen molar-refractivity contribution in [1.82, 2.24) is 10.6 Å². The molecule has 0 radical (unpaired) electrons. The number of hydrogen-bond donors (Lipinski definition) is 2. The van der Waals surface area contributed by atoms with Crippen LogP contribution in [0.1, 0.15) is 44.1 Å². The summed E-state index contributed by atoms with van der Waals surface area (Å²) in [7, 11) is 1.30. The number of carbonyl (C=O) groups is 3. The third kappa shape index (κ3) is 10.7. The van der Waals surface area contributed by atoms with Crippen LogP contribution >= 0.6 is 11.3 Å². The molecule has 184 valence electrons. The molecule has 2 atom stereocenters. The van der Waals surface area contributed by atoms with E-state index in [0.717, 1.165) is 10.4 Å². The average Bonchev–Trinajstić information content (AvgIpc) is 3.31. The quantitative estimate of drug-likeness (QED) is 0.362. The van der Waals surface area contributed by atoms with Gasteiger partial charge in [0.15, 0.2) is 0 Å². The topological polar surface area (TPSA) is 93.7 Å². The van der Waals surface area contributed by atoms with Crippen molar-refractivity contribution < 1.29 is 23.9 Å². The van der Waals surface area contributed by atoms with Crippen molar-refractivity contribution in [3.63, 3.8) is 0 Å². The minimum atomic E-state index is -0.789. The number of thiophene rings is 1. The second kappa shape index (κ2) is 13.5. The Morgan fingerprint density at radius 1 is 1.00 bits per heavy atom. The number of benzene rings is 1. The minimum absolute atomic E-state index is 0.338. The predicted octanol–water partition coefficient (Wildman–Crippen LogP) is 4.42. The number of ether oxygens (including phenoxy) is 2. The summed E-state index contributed by atoms with van der Waals surface area (Å²) in [4.78, 5) is 38.4. The molecule has 0 saturated carbocycles. The third-order valence-electron chi connectivity index (χ3n) is 4.85. The monoisotopic (exact) mass is 486 g/mol. The fraction of sp³-hybridized carbons (Fsp3) is 0.423. The fourth-order valence-corrected chi connectivity index (χ4v) is 3.91. The van der Waals surface area contributed by atoms with E-state index in [-0.39, 0.29) is 5.91 Å². The normalized spacial score (nSPS) is 13.2. The van der Waals surface area contributed by atoms with E-state index >= 15 is 0 Å². The molecule has 0 fully saturated rings. The molecule has 34 heavy (non-hydrogen) atoms. The Balaban J connectivity index is 2.11. The molecule has 0 aliphatic heterocycles. The molecule has 0 bridgehead atoms. The summed E-state index contributed by atoms with van der Waals surface area (Å²) in [6, 6.07) is 12.6. The molecule has 0 aliphatic rings. The number of carbonyl (C=O) groups excluding carboxylic acids is 3. The van der Waals surface area contributed by atoms with Crippen molar-refractivity contribution in [2.24, 2.45) is 0 Å². The fourth-order valence-electron chi connectivity index (χ4n) is 3.19. The standard InChI is InChI=1S/C26H34N2O5S/c1-26(2,3)33-25(31)28-22(16-15-21-11-8-18-34-21)24(30)27-20(14-17-23(29)32-4)13-12-19-9-6-5-7-10-19/h5-11,14,17-18,20,22H,12-13,15-16H2,1-4H3,(H,27,30)(H,28,31)/b17-14+/t20-,22-/m0/s1. The number of rotatable bonds is 11. The predicted molar refractivity (Wildman–Crippen MR) is 134 cm³/mol. The maximum Gasteiger partial charge on any atom is 0.408 e. The Bertz CT molecular complexity index is 936. The lowest BCUT2D eigenvalue weighted by Crippen LogP contribution is -2.50. The summed E-state index contributed by atoms with van der Waals surface area (Å²) in [6.07, 6.45) is 4.61. The van der Waals surface area contributed by atoms with Gasteiger partial charge in [-0.3, -0.25) is 4.79 Å². The highest BCUT2D eigenvalue weighted by Gasteiger charge is 2.25. The summed E-state index contributed by atoms with van der Waals surface area (Å²) in [6.45, 7) is 5.31. The van der Waals surface area contributed by atoms with Crippen LogP contribution in [0.25, 0.3) is 0 Å². The first-order valence-corrected chi connectivity index (χ1v) is 12.2. The van der Waals surface area contributed by atoms with Crippen LogP contribution in [0.5, 0.6) is 0 Å². The zero-order valence-electron chi connectivity index (χ0n) is 20.2. The van der Waals surface area contributed by atoms with Gasteiger partial charge in [0, 0.05) is 17.0 Å². The van der Waals surface area contributed by atoms with E-state index in [4.69, 9.17) is 4.74 Å². The SMILES string of the molecule is COC(=O)/C=C/[C@H](CCc1ccccc1)NC(=O)[C@H](CCc1cccs1)NC(=O)OC(C)(C)C. The summed E-state index contributed by atoms with van der Waals surface area (Å²) in [5.74, 6) is -0.838. The van der Waals surface area contributed by atoms with Crippen molar-refractivity contribution >= 4 is 29.3 Å². The van der Waals surface area contributed by atoms with Crippen molar-refractivity contribution in [3.8, 4) is 0 Å². The Kier molecular flexibility index (Phi) is 10.8. The zero-order valence-corrected chi connectivity index (χ0v) is 21.0. The van der Waals surface area contributed by atoms with Gasteiger partial charge in [0.25, 0.3) is 0 Å². The molecule has 1 aromatic heterocycles. The lowest BCUT2D eigenvalue weighted by molar-refractivity contribution is -0.135. The van der Waals surface area contributed by atoms with E-state index in [1.807, 2.05) is 47.8 Å². The van der Waals surface area contributed by atoms with Crippen LogP contribution in [-0.4, -0.2) is 42.8 Å². The van der Waals surface area contributed by atoms with Gasteiger partial charge in [0.1, 0.15) is 11.6 Å². The Hall–Kier alpha value is -3.13. The molecule has 0 saturated heterocycles. The van der Waals surface area contributed by atoms with Gasteiger partial charge in [-0.15, -0.1) is 11.3 Å². The molecule has 1 aromatic carbocycles. The summed E-state index contributed by atoms with van der Waals surface area (Å²) >= 11 is 1.60. The Morgan fingerprint density at radius 3 is 2.35 bits per heavy atom. The highest BCUT2D eigenvalue weighted by molar-refractivity contribution is 7.09. The number of esters is 1. The average molecular weight is 487 g/mol. The van der Waals surface area contributed by atoms with E-state index in [2.05, 4.69) is 15.4 Å². The van der Waals surface area contributed by atoms with Crippen molar-refractivity contribution in [1.29, 1.82) is 0 Å². The van der Waals surface area contributed by atoms with E-state index in [0.29, 0.717) is 25.7 Å². The molecule has 8 heteroatoms. The second-order valence-electron chi connectivity index (χ2n) is 8.84. The Morgan fingerprint density at radius 2 is 1.74 bits per heavy atom. The van der Waals surface area contributed by atoms with Gasteiger partial charge < -0.3 is 20.1 Å². The third-order valence-corrected chi connectivity index (χ3v) is 5.78. The number of methoxy groups -OCH3 is 1. The van der Waals surface area contributed by atoms with E-state index < -0.39 is 29.7 Å². The molecule has 2 N–H and O–H groups in total. The zero-order chi connectivity index (χ0) is 25.0. The maximum atomic E-state index is 13.2. The van der Waals surface area contributed by atoms with Gasteiger partial charge in [-0.2, -0.15) is 0 Å². The lowest BCUT2D eigenvalue weighted by Gasteiger charge is -2.24. The first kappa shape index (κ1) is 27.1. The summed E-state index contributed by atoms with van der Waals surface area (Å²) in [5.41, 5.74) is 0.440. The van der Waals surface area contributed by atoms with Crippen molar-refractivity contribution in [2.45, 2.75) is 64.1 Å². The van der Waals surface area contributed by atoms with Gasteiger partial charge in [0.2, 0.25) is 5.91 Å². The lowest BCUT2D eigenvalue weighted by atomic mass is 10.0. The van der Waals surface area contributed by atoms with Gasteiger partial charge in [-0.1, -0.05) is 42.5 Å². The summed E-state index contributed by atoms with van der Waals surface area (Å²) < 4.78 is 10.0. The molecule has 2 amide bonds. The molecule has 1 heterocycles. The smallest absolute Gasteiger partial charge is 0.408 e. The molecule has 0 spiro atoms. The van der Waals surface area contributed by atoms with E-state index in [1.165, 1.54) is 13.2 Å². The summed E-state index contributed by atoms with van der Waals surface area (Å²) in [5, 5.41) is 7.65. The van der Waals surface area contributed by atoms with E-state index in [9.17, 15) is 14.4 Å². The van der Waals surface area contributed by atoms with Crippen LogP contribution in [0.4, 0.5) is 4.79 Å². The number of alkyl carbamates (subject to hydrolysis) is 1. The minimum Gasteiger partial charge on any atom is -0.466 e. The first-order chi connectivity index (χ1) is 16.2. The van der Waals surface area contributed by atoms with Gasteiger partial charge in [0.05, 0.1) is 7.11 Å². The highest BCUT2D eigenvalue weighted by atomic mass is 32.1. The molecule has 0 aliphatic carbocycles. The molecule has 2 rings (SSSR count). The van der Waals surface area contributed by atoms with Crippen molar-refractivity contribution in [2.75, 3.05) is 7.11 Å². The molecule has 7 nitrogen and oxygen atoms in total. The highest BCUT2D eigenvalue weighted by Crippen LogP contribution is 2.14. The van der Waals surface area contributed by atoms with Crippen LogP contribution in [-0.2, 0) is 31.9 Å². The van der Waals surface area contributed by atoms with Crippen LogP contribution in [0.3, 0.4) is 0 Å². The van der Waals surface area contributed by atoms with Gasteiger partial charge >= 0.3 is 12.1 Å². The Labute approximate surface area is 205 Å². The number of nitrogens with one attached hydrogen (secondary N) is 2. The van der Waals surface area contributed by atoms with Crippen LogP contribution in [0, 0.1) is 0 Å². The van der Waals surface area contributed by atoms with E-state index in [1.54, 1.807) is 38.2 Å². The molecule has 0 unspecified atom stereocenters. The van der Waals surface area contributed by atoms with Gasteiger partial charge in [-0.25, -0.2) is 9.59 Å². The molecule has 2 aromatic rings. The van der Waals surface area contributed by atoms with Crippen LogP contribution < -0.4 is 10.6 Å². The van der Waals surface area contributed by atoms with Gasteiger partial charge in [-0.05, 0) is 63.5 Å². The number of aryl methyl sites for hydroxylation is 2. The number of amides is 2. The van der Waals surface area contributed by atoms with Crippen LogP contribution in [0.15, 0.2) is 60.0 Å². The van der Waals surface area contributed by atoms with Crippen molar-refractivity contribution in [3.05, 3.63) is 70.4 Å². The molecular formula is C26H34N2O5S. The number of hydrogen-bond acceptors (Lipinski definition) is 6. The maximum absolute atomic E-state index is 13.2. The molecular weight excluding hydrogens is 452 g/mol. The first-order valence-electron chi connectivity index (χ1n) is 11.3. The largest absolute Gasteiger partial charge is 0.466 e. The second-order valence-corrected chi connectivity index (χ2v) is 9.87. The van der Waals surface area contributed by atoms with Crippen LogP contribution in [0.2, 0.25) is 0 Å².